The number of hydrogen-bond donors (Lipinski definition) is 1. The van der Waals surface area contributed by atoms with E-state index in [0.29, 0.717) is 18.9 Å². The molecule has 108 valence electrons. The van der Waals surface area contributed by atoms with E-state index in [1.165, 1.54) is 12.1 Å². The molecule has 0 aliphatic heterocycles. The van der Waals surface area contributed by atoms with Crippen LogP contribution in [-0.2, 0) is 11.2 Å². The summed E-state index contributed by atoms with van der Waals surface area (Å²) in [6.07, 6.45) is 0.652. The predicted octanol–water partition coefficient (Wildman–Crippen LogP) is 3.16. The highest BCUT2D eigenvalue weighted by molar-refractivity contribution is 5.19. The molecule has 1 aromatic rings. The maximum absolute atomic E-state index is 13.2. The fraction of sp³-hybridized carbons (Fsp3) is 0.600. The first-order chi connectivity index (χ1) is 8.99. The largest absolute Gasteiger partial charge is 0.377 e. The monoisotopic (exact) mass is 271 g/mol. The average molecular weight is 271 g/mol. The summed E-state index contributed by atoms with van der Waals surface area (Å²) in [5, 5.41) is 3.21. The Morgan fingerprint density at radius 3 is 2.37 bits per heavy atom. The van der Waals surface area contributed by atoms with Crippen molar-refractivity contribution >= 4 is 0 Å². The second-order valence-corrected chi connectivity index (χ2v) is 5.01. The van der Waals surface area contributed by atoms with Gasteiger partial charge in [-0.25, -0.2) is 8.78 Å². The highest BCUT2D eigenvalue weighted by Gasteiger charge is 2.24. The fourth-order valence-corrected chi connectivity index (χ4v) is 2.27. The van der Waals surface area contributed by atoms with Crippen LogP contribution in [0, 0.1) is 17.6 Å². The molecule has 2 nitrogen and oxygen atoms in total. The first-order valence-corrected chi connectivity index (χ1v) is 6.72. The molecule has 0 aliphatic rings. The lowest BCUT2D eigenvalue weighted by Crippen LogP contribution is -2.44. The summed E-state index contributed by atoms with van der Waals surface area (Å²) >= 11 is 0. The van der Waals surface area contributed by atoms with Crippen molar-refractivity contribution in [2.45, 2.75) is 39.3 Å². The Hall–Kier alpha value is -1.00. The van der Waals surface area contributed by atoms with Crippen LogP contribution in [0.2, 0.25) is 0 Å². The second kappa shape index (κ2) is 7.56. The van der Waals surface area contributed by atoms with Crippen molar-refractivity contribution in [2.75, 3.05) is 13.7 Å². The van der Waals surface area contributed by atoms with Crippen molar-refractivity contribution in [3.05, 3.63) is 35.4 Å². The Bertz CT molecular complexity index is 396. The Balaban J connectivity index is 2.82. The highest BCUT2D eigenvalue weighted by Crippen LogP contribution is 2.17. The van der Waals surface area contributed by atoms with Gasteiger partial charge in [0.05, 0.1) is 6.10 Å². The van der Waals surface area contributed by atoms with Gasteiger partial charge in [-0.1, -0.05) is 19.9 Å². The van der Waals surface area contributed by atoms with Crippen LogP contribution in [0.3, 0.4) is 0 Å². The zero-order chi connectivity index (χ0) is 14.4. The van der Waals surface area contributed by atoms with Crippen LogP contribution in [0.25, 0.3) is 0 Å². The molecule has 0 saturated carbocycles. The third-order valence-corrected chi connectivity index (χ3v) is 3.22. The number of likely N-dealkylation sites (N-methyl/N-ethyl adjacent to an activating group) is 1. The van der Waals surface area contributed by atoms with Crippen molar-refractivity contribution in [2.24, 2.45) is 5.92 Å². The summed E-state index contributed by atoms with van der Waals surface area (Å²) < 4.78 is 31.9. The number of ether oxygens (including phenoxy) is 1. The molecule has 19 heavy (non-hydrogen) atoms. The lowest BCUT2D eigenvalue weighted by molar-refractivity contribution is 0.00533. The van der Waals surface area contributed by atoms with Gasteiger partial charge in [-0.2, -0.15) is 0 Å². The topological polar surface area (TPSA) is 21.3 Å². The summed E-state index contributed by atoms with van der Waals surface area (Å²) in [5.41, 5.74) is 0.767. The number of nitrogens with one attached hydrogen (secondary N) is 1. The van der Waals surface area contributed by atoms with Crippen molar-refractivity contribution < 1.29 is 13.5 Å². The summed E-state index contributed by atoms with van der Waals surface area (Å²) in [6, 6.07) is 4.11. The van der Waals surface area contributed by atoms with E-state index in [9.17, 15) is 8.78 Å². The first-order valence-electron chi connectivity index (χ1n) is 6.72. The summed E-state index contributed by atoms with van der Waals surface area (Å²) in [5.74, 6) is -1.26. The molecule has 2 unspecified atom stereocenters. The van der Waals surface area contributed by atoms with Crippen molar-refractivity contribution in [1.29, 1.82) is 0 Å². The van der Waals surface area contributed by atoms with E-state index in [0.717, 1.165) is 5.56 Å². The van der Waals surface area contributed by atoms with Crippen molar-refractivity contribution in [3.63, 3.8) is 0 Å². The van der Waals surface area contributed by atoms with Crippen LogP contribution in [0.15, 0.2) is 18.2 Å². The van der Waals surface area contributed by atoms with Gasteiger partial charge in [0, 0.05) is 12.6 Å². The van der Waals surface area contributed by atoms with Crippen LogP contribution >= 0.6 is 0 Å². The molecule has 0 aliphatic carbocycles. The summed E-state index contributed by atoms with van der Waals surface area (Å²) in [6.45, 7) is 6.78. The van der Waals surface area contributed by atoms with Crippen molar-refractivity contribution in [3.8, 4) is 0 Å². The molecule has 0 aromatic heterocycles. The van der Waals surface area contributed by atoms with Crippen molar-refractivity contribution in [1.82, 2.24) is 5.32 Å². The number of halogens is 2. The standard InChI is InChI=1S/C15H23F2NO/c1-5-19-15(10(2)3)14(18-4)9-11-6-7-12(16)13(17)8-11/h6-8,10,14-15,18H,5,9H2,1-4H3. The Kier molecular flexibility index (Phi) is 6.38. The fourth-order valence-electron chi connectivity index (χ4n) is 2.27. The summed E-state index contributed by atoms with van der Waals surface area (Å²) in [4.78, 5) is 0. The van der Waals surface area contributed by atoms with Gasteiger partial charge in [-0.05, 0) is 44.0 Å². The third-order valence-electron chi connectivity index (χ3n) is 3.22. The van der Waals surface area contributed by atoms with Gasteiger partial charge >= 0.3 is 0 Å². The molecule has 2 atom stereocenters. The van der Waals surface area contributed by atoms with E-state index < -0.39 is 11.6 Å². The maximum atomic E-state index is 13.2. The molecule has 0 spiro atoms. The lowest BCUT2D eigenvalue weighted by Gasteiger charge is -2.30. The molecule has 0 heterocycles. The third kappa shape index (κ3) is 4.55. The smallest absolute Gasteiger partial charge is 0.159 e. The van der Waals surface area contributed by atoms with Crippen LogP contribution in [0.1, 0.15) is 26.3 Å². The molecular weight excluding hydrogens is 248 g/mol. The van der Waals surface area contributed by atoms with E-state index in [1.807, 2.05) is 14.0 Å². The van der Waals surface area contributed by atoms with E-state index in [4.69, 9.17) is 4.74 Å². The Morgan fingerprint density at radius 2 is 1.89 bits per heavy atom. The van der Waals surface area contributed by atoms with Gasteiger partial charge in [-0.15, -0.1) is 0 Å². The minimum absolute atomic E-state index is 0.0446. The SMILES string of the molecule is CCOC(C(C)C)C(Cc1ccc(F)c(F)c1)NC. The average Bonchev–Trinajstić information content (AvgIpc) is 2.37. The van der Waals surface area contributed by atoms with Gasteiger partial charge in [0.1, 0.15) is 0 Å². The first kappa shape index (κ1) is 16.1. The van der Waals surface area contributed by atoms with Gasteiger partial charge < -0.3 is 10.1 Å². The van der Waals surface area contributed by atoms with Gasteiger partial charge in [0.2, 0.25) is 0 Å². The van der Waals surface area contributed by atoms with E-state index in [1.54, 1.807) is 6.07 Å². The molecule has 1 aromatic carbocycles. The van der Waals surface area contributed by atoms with E-state index >= 15 is 0 Å². The zero-order valence-corrected chi connectivity index (χ0v) is 12.0. The quantitative estimate of drug-likeness (QED) is 0.822. The van der Waals surface area contributed by atoms with Crippen LogP contribution in [-0.4, -0.2) is 25.8 Å². The summed E-state index contributed by atoms with van der Waals surface area (Å²) in [7, 11) is 1.86. The Morgan fingerprint density at radius 1 is 1.21 bits per heavy atom. The van der Waals surface area contributed by atoms with Gasteiger partial charge in [0.25, 0.3) is 0 Å². The van der Waals surface area contributed by atoms with E-state index in [2.05, 4.69) is 19.2 Å². The van der Waals surface area contributed by atoms with Crippen LogP contribution < -0.4 is 5.32 Å². The highest BCUT2D eigenvalue weighted by atomic mass is 19.2. The lowest BCUT2D eigenvalue weighted by atomic mass is 9.94. The second-order valence-electron chi connectivity index (χ2n) is 5.01. The molecular formula is C15H23F2NO. The van der Waals surface area contributed by atoms with Gasteiger partial charge in [-0.3, -0.25) is 0 Å². The number of benzene rings is 1. The molecule has 0 radical (unpaired) electrons. The molecule has 1 N–H and O–H groups in total. The molecule has 1 rings (SSSR count). The molecule has 0 amide bonds. The molecule has 4 heteroatoms. The van der Waals surface area contributed by atoms with Crippen LogP contribution in [0.5, 0.6) is 0 Å². The van der Waals surface area contributed by atoms with Gasteiger partial charge in [0.15, 0.2) is 11.6 Å². The number of hydrogen-bond acceptors (Lipinski definition) is 2. The van der Waals surface area contributed by atoms with Crippen LogP contribution in [0.4, 0.5) is 8.78 Å². The zero-order valence-electron chi connectivity index (χ0n) is 12.0. The molecule has 0 fully saturated rings. The molecule has 0 saturated heterocycles. The maximum Gasteiger partial charge on any atom is 0.159 e. The predicted molar refractivity (Wildman–Crippen MR) is 73.2 cm³/mol. The minimum atomic E-state index is -0.810. The van der Waals surface area contributed by atoms with E-state index in [-0.39, 0.29) is 12.1 Å². The minimum Gasteiger partial charge on any atom is -0.377 e. The number of rotatable bonds is 7. The normalized spacial score (nSPS) is 14.7. The Labute approximate surface area is 114 Å². The molecule has 0 bridgehead atoms.